The maximum atomic E-state index is 5.49. The van der Waals surface area contributed by atoms with Crippen molar-refractivity contribution in [1.82, 2.24) is 10.6 Å². The van der Waals surface area contributed by atoms with Gasteiger partial charge in [-0.05, 0) is 46.9 Å². The van der Waals surface area contributed by atoms with Crippen LogP contribution >= 0.6 is 35.7 Å². The normalized spacial score (nSPS) is 13.0. The van der Waals surface area contributed by atoms with E-state index in [4.69, 9.17) is 9.73 Å². The molecule has 0 fully saturated rings. The first kappa shape index (κ1) is 23.4. The lowest BCUT2D eigenvalue weighted by atomic mass is 10.0. The van der Waals surface area contributed by atoms with Gasteiger partial charge in [0.05, 0.1) is 19.7 Å². The minimum Gasteiger partial charge on any atom is -0.496 e. The number of nitrogens with one attached hydrogen (secondary N) is 2. The highest BCUT2D eigenvalue weighted by Gasteiger charge is 2.17. The van der Waals surface area contributed by atoms with Crippen LogP contribution < -0.4 is 15.4 Å². The topological polar surface area (TPSA) is 45.7 Å². The molecule has 0 radical (unpaired) electrons. The highest BCUT2D eigenvalue weighted by Crippen LogP contribution is 2.26. The monoisotopic (exact) mass is 465 g/mol. The number of hydrogen-bond donors (Lipinski definition) is 2. The summed E-state index contributed by atoms with van der Waals surface area (Å²) < 4.78 is 5.62. The summed E-state index contributed by atoms with van der Waals surface area (Å²) in [6.07, 6.45) is 2.12. The molecule has 2 N–H and O–H groups in total. The van der Waals surface area contributed by atoms with Gasteiger partial charge in [0, 0.05) is 16.9 Å². The third kappa shape index (κ3) is 7.51. The number of ether oxygens (including phenoxy) is 1. The van der Waals surface area contributed by atoms with Gasteiger partial charge in [0.2, 0.25) is 0 Å². The van der Waals surface area contributed by atoms with Crippen LogP contribution in [0.4, 0.5) is 0 Å². The van der Waals surface area contributed by atoms with Crippen LogP contribution in [0.3, 0.4) is 0 Å². The average Bonchev–Trinajstić information content (AvgIpc) is 2.52. The Labute approximate surface area is 168 Å². The molecule has 1 aromatic rings. The summed E-state index contributed by atoms with van der Waals surface area (Å²) in [4.78, 5) is 4.73. The first-order valence-electron chi connectivity index (χ1n) is 8.07. The molecule has 1 unspecified atom stereocenters. The number of hydrogen-bond acceptors (Lipinski definition) is 3. The smallest absolute Gasteiger partial charge is 0.191 e. The van der Waals surface area contributed by atoms with Gasteiger partial charge in [-0.2, -0.15) is 11.8 Å². The maximum Gasteiger partial charge on any atom is 0.191 e. The van der Waals surface area contributed by atoms with E-state index >= 15 is 0 Å². The van der Waals surface area contributed by atoms with E-state index in [-0.39, 0.29) is 34.8 Å². The Morgan fingerprint density at radius 1 is 1.38 bits per heavy atom. The van der Waals surface area contributed by atoms with Crippen molar-refractivity contribution in [1.29, 1.82) is 0 Å². The first-order chi connectivity index (χ1) is 10.8. The molecule has 0 aromatic heterocycles. The van der Waals surface area contributed by atoms with Crippen molar-refractivity contribution in [3.63, 3.8) is 0 Å². The molecule has 0 aliphatic rings. The summed E-state index contributed by atoms with van der Waals surface area (Å²) in [7, 11) is 1.71. The van der Waals surface area contributed by atoms with E-state index in [1.807, 2.05) is 17.8 Å². The van der Waals surface area contributed by atoms with Crippen molar-refractivity contribution < 1.29 is 4.74 Å². The number of thioether (sulfide) groups is 1. The van der Waals surface area contributed by atoms with Crippen LogP contribution in [-0.4, -0.2) is 37.2 Å². The molecular formula is C18H32IN3OS. The van der Waals surface area contributed by atoms with Crippen LogP contribution in [0.5, 0.6) is 5.75 Å². The molecule has 0 amide bonds. The largest absolute Gasteiger partial charge is 0.496 e. The number of methoxy groups -OCH3 is 1. The van der Waals surface area contributed by atoms with E-state index in [1.165, 1.54) is 5.56 Å². The molecule has 0 bridgehead atoms. The summed E-state index contributed by atoms with van der Waals surface area (Å²) in [5.74, 6) is 1.74. The number of rotatable bonds is 7. The van der Waals surface area contributed by atoms with Gasteiger partial charge < -0.3 is 15.4 Å². The molecule has 24 heavy (non-hydrogen) atoms. The predicted octanol–water partition coefficient (Wildman–Crippen LogP) is 4.38. The van der Waals surface area contributed by atoms with Crippen LogP contribution in [0.25, 0.3) is 0 Å². The highest BCUT2D eigenvalue weighted by molar-refractivity contribution is 14.0. The molecule has 0 aliphatic carbocycles. The fourth-order valence-corrected chi connectivity index (χ4v) is 2.32. The van der Waals surface area contributed by atoms with Crippen LogP contribution in [-0.2, 0) is 0 Å². The fraction of sp³-hybridized carbons (Fsp3) is 0.611. The van der Waals surface area contributed by atoms with E-state index < -0.39 is 0 Å². The molecule has 138 valence electrons. The van der Waals surface area contributed by atoms with Gasteiger partial charge in [0.25, 0.3) is 0 Å². The van der Waals surface area contributed by atoms with Gasteiger partial charge >= 0.3 is 0 Å². The quantitative estimate of drug-likeness (QED) is 0.357. The van der Waals surface area contributed by atoms with Crippen molar-refractivity contribution in [3.8, 4) is 5.75 Å². The Kier molecular flexibility index (Phi) is 10.8. The minimum absolute atomic E-state index is 0. The molecule has 0 saturated carbocycles. The van der Waals surface area contributed by atoms with Gasteiger partial charge in [0.1, 0.15) is 5.75 Å². The summed E-state index contributed by atoms with van der Waals surface area (Å²) in [5, 5.41) is 6.80. The second kappa shape index (κ2) is 11.1. The summed E-state index contributed by atoms with van der Waals surface area (Å²) >= 11 is 1.83. The standard InChI is InChI=1S/C18H31N3OS.HI/c1-8-19-17(20-12-18(4,5)23-7)21-14(3)15-11-13(2)9-10-16(15)22-6;/h9-11,14H,8,12H2,1-7H3,(H2,19,20,21);1H. The number of aliphatic imine (C=N–C) groups is 1. The third-order valence-corrected chi connectivity index (χ3v) is 4.95. The van der Waals surface area contributed by atoms with Crippen molar-refractivity contribution in [2.75, 3.05) is 26.5 Å². The van der Waals surface area contributed by atoms with Gasteiger partial charge in [-0.3, -0.25) is 4.99 Å². The molecule has 0 saturated heterocycles. The number of aryl methyl sites for hydroxylation is 1. The van der Waals surface area contributed by atoms with Crippen LogP contribution in [0, 0.1) is 6.92 Å². The van der Waals surface area contributed by atoms with Gasteiger partial charge in [-0.1, -0.05) is 17.7 Å². The Morgan fingerprint density at radius 2 is 2.04 bits per heavy atom. The van der Waals surface area contributed by atoms with Crippen molar-refractivity contribution in [3.05, 3.63) is 29.3 Å². The molecule has 0 aliphatic heterocycles. The lowest BCUT2D eigenvalue weighted by Crippen LogP contribution is -2.39. The highest BCUT2D eigenvalue weighted by atomic mass is 127. The molecule has 1 atom stereocenters. The molecule has 0 heterocycles. The molecule has 1 rings (SSSR count). The Hall–Kier alpha value is -0.630. The number of guanidine groups is 1. The predicted molar refractivity (Wildman–Crippen MR) is 118 cm³/mol. The van der Waals surface area contributed by atoms with Gasteiger partial charge in [-0.25, -0.2) is 0 Å². The van der Waals surface area contributed by atoms with Gasteiger partial charge in [-0.15, -0.1) is 24.0 Å². The summed E-state index contributed by atoms with van der Waals surface area (Å²) in [5.41, 5.74) is 2.36. The van der Waals surface area contributed by atoms with Crippen molar-refractivity contribution >= 4 is 41.7 Å². The van der Waals surface area contributed by atoms with E-state index in [1.54, 1.807) is 7.11 Å². The first-order valence-corrected chi connectivity index (χ1v) is 9.30. The number of halogens is 1. The third-order valence-electron chi connectivity index (χ3n) is 3.72. The number of benzene rings is 1. The lowest BCUT2D eigenvalue weighted by molar-refractivity contribution is 0.405. The van der Waals surface area contributed by atoms with E-state index in [0.29, 0.717) is 0 Å². The molecule has 6 heteroatoms. The second-order valence-electron chi connectivity index (χ2n) is 6.27. The zero-order valence-electron chi connectivity index (χ0n) is 15.9. The molecule has 0 spiro atoms. The summed E-state index contributed by atoms with van der Waals surface area (Å²) in [6.45, 7) is 12.3. The number of nitrogens with zero attached hydrogens (tertiary/aromatic N) is 1. The van der Waals surface area contributed by atoms with Gasteiger partial charge in [0.15, 0.2) is 5.96 Å². The zero-order chi connectivity index (χ0) is 17.5. The van der Waals surface area contributed by atoms with Crippen molar-refractivity contribution in [2.24, 2.45) is 4.99 Å². The SMILES string of the molecule is CCNC(=NCC(C)(C)SC)NC(C)c1cc(C)ccc1OC.I. The molecule has 4 nitrogen and oxygen atoms in total. The van der Waals surface area contributed by atoms with Crippen LogP contribution in [0.15, 0.2) is 23.2 Å². The van der Waals surface area contributed by atoms with E-state index in [0.717, 1.165) is 30.4 Å². The summed E-state index contributed by atoms with van der Waals surface area (Å²) in [6, 6.07) is 6.35. The lowest BCUT2D eigenvalue weighted by Gasteiger charge is -2.23. The minimum atomic E-state index is 0. The van der Waals surface area contributed by atoms with E-state index in [9.17, 15) is 0 Å². The van der Waals surface area contributed by atoms with E-state index in [2.05, 4.69) is 63.6 Å². The second-order valence-corrected chi connectivity index (χ2v) is 7.78. The Bertz CT molecular complexity index is 535. The Morgan fingerprint density at radius 3 is 2.58 bits per heavy atom. The van der Waals surface area contributed by atoms with Crippen molar-refractivity contribution in [2.45, 2.75) is 45.4 Å². The average molecular weight is 465 g/mol. The molecule has 1 aromatic carbocycles. The Balaban J connectivity index is 0.00000529. The maximum absolute atomic E-state index is 5.49. The van der Waals surface area contributed by atoms with Crippen LogP contribution in [0.2, 0.25) is 0 Å². The fourth-order valence-electron chi connectivity index (χ4n) is 2.13. The van der Waals surface area contributed by atoms with Crippen LogP contribution in [0.1, 0.15) is 44.9 Å². The zero-order valence-corrected chi connectivity index (χ0v) is 19.0. The molecular weight excluding hydrogens is 433 g/mol.